The van der Waals surface area contributed by atoms with Crippen molar-refractivity contribution >= 4 is 23.4 Å². The number of nitrogens with zero attached hydrogens (tertiary/aromatic N) is 3. The zero-order valence-electron chi connectivity index (χ0n) is 31.5. The first kappa shape index (κ1) is 38.6. The van der Waals surface area contributed by atoms with Crippen molar-refractivity contribution in [1.29, 1.82) is 0 Å². The van der Waals surface area contributed by atoms with Gasteiger partial charge in [0.25, 0.3) is 0 Å². The number of aliphatic hydroxyl groups is 1. The summed E-state index contributed by atoms with van der Waals surface area (Å²) in [5.74, 6) is -1.58. The Hall–Kier alpha value is -3.17. The predicted molar refractivity (Wildman–Crippen MR) is 194 cm³/mol. The zero-order valence-corrected chi connectivity index (χ0v) is 31.5. The van der Waals surface area contributed by atoms with E-state index in [1.807, 2.05) is 56.9 Å². The molecule has 0 radical (unpaired) electrons. The molecule has 3 fully saturated rings. The molecule has 9 heteroatoms. The summed E-state index contributed by atoms with van der Waals surface area (Å²) in [5.41, 5.74) is -2.13. The number of aliphatic hydroxyl groups excluding tert-OH is 1. The average Bonchev–Trinajstić information content (AvgIpc) is 3.63. The fourth-order valence-electron chi connectivity index (χ4n) is 9.34. The van der Waals surface area contributed by atoms with Crippen LogP contribution in [0, 0.1) is 23.2 Å². The average molecular weight is 680 g/mol. The first-order valence-corrected chi connectivity index (χ1v) is 18.2. The molecule has 1 aromatic rings. The second kappa shape index (κ2) is 14.6. The number of anilines is 1. The Kier molecular flexibility index (Phi) is 11.5. The standard InChI is InChI=1S/C40H61N3O6/c1-12-22-41(28-16-18-30(19-17-28)48-15-4)34(45)31-32-35(46)43(29(25-44)24-27(5)6)33(40(32)21-20-39(31,14-3)49-40)36(47)42(23-13-2)38(10,11)26-37(7,8)9/h12-13,16-19,27,29,31-33,44H,1-2,14-15,20-26H2,3-11H3/t29-,31+,32+,33?,39-,40?/m1/s1. The largest absolute Gasteiger partial charge is 0.494 e. The van der Waals surface area contributed by atoms with E-state index < -0.39 is 40.7 Å². The van der Waals surface area contributed by atoms with Crippen LogP contribution in [-0.4, -0.2) is 87.8 Å². The highest BCUT2D eigenvalue weighted by Gasteiger charge is 2.79. The molecule has 6 atom stereocenters. The fraction of sp³-hybridized carbons (Fsp3) is 0.675. The van der Waals surface area contributed by atoms with Gasteiger partial charge < -0.3 is 29.3 Å². The molecule has 49 heavy (non-hydrogen) atoms. The number of ether oxygens (including phenoxy) is 2. The highest BCUT2D eigenvalue weighted by atomic mass is 16.5. The molecular weight excluding hydrogens is 618 g/mol. The number of hydrogen-bond donors (Lipinski definition) is 1. The third-order valence-corrected chi connectivity index (χ3v) is 10.8. The van der Waals surface area contributed by atoms with Crippen molar-refractivity contribution in [3.05, 3.63) is 49.6 Å². The van der Waals surface area contributed by atoms with Gasteiger partial charge in [0.15, 0.2) is 0 Å². The Morgan fingerprint density at radius 1 is 1.06 bits per heavy atom. The summed E-state index contributed by atoms with van der Waals surface area (Å²) in [4.78, 5) is 50.4. The molecule has 3 aliphatic rings. The molecule has 1 aromatic carbocycles. The minimum atomic E-state index is -1.22. The molecule has 3 heterocycles. The summed E-state index contributed by atoms with van der Waals surface area (Å²) < 4.78 is 12.8. The van der Waals surface area contributed by atoms with Gasteiger partial charge in [-0.2, -0.15) is 0 Å². The minimum Gasteiger partial charge on any atom is -0.494 e. The van der Waals surface area contributed by atoms with Gasteiger partial charge >= 0.3 is 0 Å². The number of carbonyl (C=O) groups excluding carboxylic acids is 3. The molecule has 1 N–H and O–H groups in total. The van der Waals surface area contributed by atoms with E-state index in [2.05, 4.69) is 47.8 Å². The molecule has 2 unspecified atom stereocenters. The van der Waals surface area contributed by atoms with Crippen molar-refractivity contribution in [2.45, 2.75) is 123 Å². The predicted octanol–water partition coefficient (Wildman–Crippen LogP) is 6.40. The van der Waals surface area contributed by atoms with Crippen LogP contribution in [0.25, 0.3) is 0 Å². The molecule has 272 valence electrons. The van der Waals surface area contributed by atoms with Crippen molar-refractivity contribution in [3.63, 3.8) is 0 Å². The van der Waals surface area contributed by atoms with Gasteiger partial charge in [-0.3, -0.25) is 14.4 Å². The maximum absolute atomic E-state index is 15.3. The molecule has 0 aromatic heterocycles. The number of rotatable bonds is 16. The summed E-state index contributed by atoms with van der Waals surface area (Å²) in [6.07, 6.45) is 6.17. The molecule has 3 amide bonds. The van der Waals surface area contributed by atoms with Gasteiger partial charge in [-0.05, 0) is 88.5 Å². The molecule has 1 spiro atoms. The van der Waals surface area contributed by atoms with Gasteiger partial charge in [0.05, 0.1) is 36.7 Å². The maximum Gasteiger partial charge on any atom is 0.249 e. The molecule has 0 aliphatic carbocycles. The molecule has 2 bridgehead atoms. The van der Waals surface area contributed by atoms with Crippen LogP contribution in [0.2, 0.25) is 0 Å². The Bertz CT molecular complexity index is 1380. The Morgan fingerprint density at radius 2 is 1.69 bits per heavy atom. The van der Waals surface area contributed by atoms with Gasteiger partial charge in [0, 0.05) is 24.3 Å². The van der Waals surface area contributed by atoms with E-state index in [-0.39, 0.29) is 42.2 Å². The highest BCUT2D eigenvalue weighted by molar-refractivity contribution is 6.03. The topological polar surface area (TPSA) is 99.6 Å². The van der Waals surface area contributed by atoms with Crippen molar-refractivity contribution in [1.82, 2.24) is 9.80 Å². The van der Waals surface area contributed by atoms with E-state index in [1.54, 1.807) is 22.0 Å². The van der Waals surface area contributed by atoms with Crippen molar-refractivity contribution in [3.8, 4) is 5.75 Å². The summed E-state index contributed by atoms with van der Waals surface area (Å²) in [5, 5.41) is 10.8. The molecular formula is C40H61N3O6. The van der Waals surface area contributed by atoms with Crippen molar-refractivity contribution in [2.24, 2.45) is 23.2 Å². The van der Waals surface area contributed by atoms with Crippen LogP contribution in [0.1, 0.15) is 94.4 Å². The quantitative estimate of drug-likeness (QED) is 0.203. The number of carbonyl (C=O) groups is 3. The van der Waals surface area contributed by atoms with E-state index in [4.69, 9.17) is 9.47 Å². The lowest BCUT2D eigenvalue weighted by molar-refractivity contribution is -0.160. The van der Waals surface area contributed by atoms with Crippen LogP contribution in [0.15, 0.2) is 49.6 Å². The lowest BCUT2D eigenvalue weighted by atomic mass is 9.64. The molecule has 9 nitrogen and oxygen atoms in total. The highest BCUT2D eigenvalue weighted by Crippen LogP contribution is 2.65. The van der Waals surface area contributed by atoms with Gasteiger partial charge in [-0.25, -0.2) is 0 Å². The number of likely N-dealkylation sites (tertiary alicyclic amines) is 1. The monoisotopic (exact) mass is 679 g/mol. The van der Waals surface area contributed by atoms with E-state index in [9.17, 15) is 9.90 Å². The first-order valence-electron chi connectivity index (χ1n) is 18.2. The lowest BCUT2D eigenvalue weighted by Crippen LogP contribution is -2.62. The van der Waals surface area contributed by atoms with E-state index in [0.29, 0.717) is 56.7 Å². The number of amides is 3. The van der Waals surface area contributed by atoms with E-state index in [1.165, 1.54) is 0 Å². The summed E-state index contributed by atoms with van der Waals surface area (Å²) >= 11 is 0. The minimum absolute atomic E-state index is 0.0813. The maximum atomic E-state index is 15.3. The second-order valence-corrected chi connectivity index (χ2v) is 16.5. The first-order chi connectivity index (χ1) is 23.0. The normalized spacial score (nSPS) is 26.9. The van der Waals surface area contributed by atoms with Gasteiger partial charge in [0.1, 0.15) is 17.4 Å². The van der Waals surface area contributed by atoms with Crippen molar-refractivity contribution < 1.29 is 29.0 Å². The van der Waals surface area contributed by atoms with Gasteiger partial charge in [-0.1, -0.05) is 53.7 Å². The number of hydrogen-bond acceptors (Lipinski definition) is 6. The molecule has 0 saturated carbocycles. The summed E-state index contributed by atoms with van der Waals surface area (Å²) in [7, 11) is 0. The smallest absolute Gasteiger partial charge is 0.249 e. The van der Waals surface area contributed by atoms with Crippen LogP contribution in [0.3, 0.4) is 0 Å². The Labute approximate surface area is 294 Å². The number of benzene rings is 1. The third kappa shape index (κ3) is 7.07. The molecule has 4 rings (SSSR count). The van der Waals surface area contributed by atoms with Gasteiger partial charge in [-0.15, -0.1) is 13.2 Å². The molecule has 3 saturated heterocycles. The van der Waals surface area contributed by atoms with Crippen LogP contribution in [0.4, 0.5) is 5.69 Å². The SMILES string of the molecule is C=CCN(C(=O)[C@@H]1[C@H]2C(=O)N([C@@H](CO)CC(C)C)C(C(=O)N(CC=C)C(C)(C)CC(C)(C)C)C23CC[C@@]1(CC)O3)c1ccc(OCC)cc1. The van der Waals surface area contributed by atoms with Crippen LogP contribution < -0.4 is 9.64 Å². The number of fused-ring (bicyclic) bond motifs is 1. The van der Waals surface area contributed by atoms with Crippen molar-refractivity contribution in [2.75, 3.05) is 31.2 Å². The van der Waals surface area contributed by atoms with Crippen LogP contribution in [0.5, 0.6) is 5.75 Å². The lowest BCUT2D eigenvalue weighted by Gasteiger charge is -2.46. The summed E-state index contributed by atoms with van der Waals surface area (Å²) in [6, 6.07) is 5.75. The van der Waals surface area contributed by atoms with E-state index >= 15 is 9.59 Å². The van der Waals surface area contributed by atoms with Crippen LogP contribution in [-0.2, 0) is 19.1 Å². The molecule has 3 aliphatic heterocycles. The van der Waals surface area contributed by atoms with Gasteiger partial charge in [0.2, 0.25) is 17.7 Å². The Balaban J connectivity index is 1.88. The Morgan fingerprint density at radius 3 is 2.20 bits per heavy atom. The van der Waals surface area contributed by atoms with E-state index in [0.717, 1.165) is 0 Å². The second-order valence-electron chi connectivity index (χ2n) is 16.5. The summed E-state index contributed by atoms with van der Waals surface area (Å²) in [6.45, 7) is 27.3. The third-order valence-electron chi connectivity index (χ3n) is 10.8. The zero-order chi connectivity index (χ0) is 36.5. The van der Waals surface area contributed by atoms with Crippen LogP contribution >= 0.6 is 0 Å². The fourth-order valence-corrected chi connectivity index (χ4v) is 9.34.